The first kappa shape index (κ1) is 34.2. The summed E-state index contributed by atoms with van der Waals surface area (Å²) in [7, 11) is 1.53. The van der Waals surface area contributed by atoms with Crippen molar-refractivity contribution in [2.24, 2.45) is 11.3 Å². The van der Waals surface area contributed by atoms with E-state index in [4.69, 9.17) is 25.8 Å². The number of halogens is 1. The molecule has 1 saturated heterocycles. The molecule has 1 N–H and O–H groups in total. The number of ether oxygens (including phenoxy) is 3. The van der Waals surface area contributed by atoms with E-state index in [9.17, 15) is 19.5 Å². The first-order chi connectivity index (χ1) is 20.4. The van der Waals surface area contributed by atoms with Crippen LogP contribution in [0, 0.1) is 11.3 Å². The first-order valence-corrected chi connectivity index (χ1v) is 15.3. The molecule has 2 aromatic rings. The Labute approximate surface area is 260 Å². The molecule has 3 rings (SSSR count). The predicted octanol–water partition coefficient (Wildman–Crippen LogP) is 5.79. The molecular weight excluding hydrogens is 572 g/mol. The van der Waals surface area contributed by atoms with Gasteiger partial charge in [-0.15, -0.1) is 0 Å². The molecule has 2 atom stereocenters. The lowest BCUT2D eigenvalue weighted by atomic mass is 9.93. The average Bonchev–Trinajstić information content (AvgIpc) is 2.98. The quantitative estimate of drug-likeness (QED) is 0.301. The number of rotatable bonds is 12. The lowest BCUT2D eigenvalue weighted by Gasteiger charge is -2.34. The summed E-state index contributed by atoms with van der Waals surface area (Å²) in [5, 5.41) is 12.0. The van der Waals surface area contributed by atoms with Crippen molar-refractivity contribution in [1.29, 1.82) is 0 Å². The summed E-state index contributed by atoms with van der Waals surface area (Å²) in [5.74, 6) is -0.281. The highest BCUT2D eigenvalue weighted by Gasteiger charge is 2.33. The third kappa shape index (κ3) is 9.10. The van der Waals surface area contributed by atoms with Crippen molar-refractivity contribution in [2.45, 2.75) is 66.4 Å². The minimum absolute atomic E-state index is 0.0169. The number of nitrogens with zero attached hydrogens (tertiary/aromatic N) is 2. The summed E-state index contributed by atoms with van der Waals surface area (Å²) in [6, 6.07) is 10.4. The van der Waals surface area contributed by atoms with Crippen LogP contribution >= 0.6 is 11.6 Å². The maximum Gasteiger partial charge on any atom is 0.310 e. The van der Waals surface area contributed by atoms with E-state index in [1.54, 1.807) is 47.1 Å². The molecule has 43 heavy (non-hydrogen) atoms. The van der Waals surface area contributed by atoms with Gasteiger partial charge in [-0.25, -0.2) is 0 Å². The van der Waals surface area contributed by atoms with Gasteiger partial charge in [-0.3, -0.25) is 14.4 Å². The van der Waals surface area contributed by atoms with Crippen LogP contribution in [0.4, 0.5) is 5.69 Å². The molecule has 236 valence electrons. The zero-order valence-electron chi connectivity index (χ0n) is 26.2. The van der Waals surface area contributed by atoms with Crippen LogP contribution in [-0.4, -0.2) is 67.7 Å². The number of aliphatic hydroxyl groups excluding tert-OH is 1. The number of aliphatic hydroxyl groups is 1. The number of benzene rings is 2. The van der Waals surface area contributed by atoms with Crippen LogP contribution in [0.15, 0.2) is 36.4 Å². The van der Waals surface area contributed by atoms with Gasteiger partial charge >= 0.3 is 5.97 Å². The van der Waals surface area contributed by atoms with Crippen LogP contribution in [0.1, 0.15) is 77.5 Å². The van der Waals surface area contributed by atoms with Gasteiger partial charge in [0.05, 0.1) is 31.9 Å². The molecule has 9 nitrogen and oxygen atoms in total. The molecule has 0 unspecified atom stereocenters. The van der Waals surface area contributed by atoms with Gasteiger partial charge in [0.25, 0.3) is 0 Å². The van der Waals surface area contributed by atoms with Gasteiger partial charge < -0.3 is 29.1 Å². The zero-order chi connectivity index (χ0) is 31.7. The highest BCUT2D eigenvalue weighted by atomic mass is 35.5. The number of hydrogen-bond donors (Lipinski definition) is 1. The van der Waals surface area contributed by atoms with E-state index in [0.29, 0.717) is 79.0 Å². The maximum atomic E-state index is 14.0. The Balaban J connectivity index is 1.96. The molecule has 2 amide bonds. The summed E-state index contributed by atoms with van der Waals surface area (Å²) >= 11 is 6.51. The van der Waals surface area contributed by atoms with Crippen LogP contribution in [0.2, 0.25) is 5.02 Å². The molecule has 0 spiro atoms. The third-order valence-corrected chi connectivity index (χ3v) is 7.47. The minimum Gasteiger partial charge on any atom is -0.496 e. The molecular formula is C33H45ClN2O7. The van der Waals surface area contributed by atoms with Gasteiger partial charge in [0.2, 0.25) is 11.8 Å². The number of methoxy groups -OCH3 is 1. The van der Waals surface area contributed by atoms with Crippen molar-refractivity contribution in [2.75, 3.05) is 44.9 Å². The Morgan fingerprint density at radius 3 is 2.44 bits per heavy atom. The molecule has 0 bridgehead atoms. The fourth-order valence-corrected chi connectivity index (χ4v) is 5.56. The van der Waals surface area contributed by atoms with E-state index in [-0.39, 0.29) is 42.0 Å². The van der Waals surface area contributed by atoms with Crippen molar-refractivity contribution in [3.63, 3.8) is 0 Å². The molecule has 1 aliphatic heterocycles. The second-order valence-corrected chi connectivity index (χ2v) is 12.3. The Morgan fingerprint density at radius 2 is 1.79 bits per heavy atom. The highest BCUT2D eigenvalue weighted by molar-refractivity contribution is 6.31. The predicted molar refractivity (Wildman–Crippen MR) is 167 cm³/mol. The average molecular weight is 617 g/mol. The van der Waals surface area contributed by atoms with Gasteiger partial charge in [-0.05, 0) is 44.2 Å². The molecule has 10 heteroatoms. The van der Waals surface area contributed by atoms with Crippen molar-refractivity contribution in [3.05, 3.63) is 52.5 Å². The van der Waals surface area contributed by atoms with Gasteiger partial charge in [0.15, 0.2) is 0 Å². The summed E-state index contributed by atoms with van der Waals surface area (Å²) in [5.41, 5.74) is 0.959. The second-order valence-electron chi connectivity index (χ2n) is 11.9. The Hall–Kier alpha value is -3.30. The third-order valence-electron chi connectivity index (χ3n) is 7.25. The van der Waals surface area contributed by atoms with Crippen LogP contribution in [0.5, 0.6) is 11.5 Å². The minimum atomic E-state index is -1.19. The molecule has 0 radical (unpaired) electrons. The van der Waals surface area contributed by atoms with Crippen LogP contribution in [-0.2, 0) is 19.1 Å². The van der Waals surface area contributed by atoms with Gasteiger partial charge in [0, 0.05) is 54.7 Å². The van der Waals surface area contributed by atoms with E-state index in [1.807, 2.05) is 33.8 Å². The van der Waals surface area contributed by atoms with E-state index in [2.05, 4.69) is 0 Å². The molecule has 1 aliphatic rings. The van der Waals surface area contributed by atoms with Crippen LogP contribution < -0.4 is 14.4 Å². The maximum absolute atomic E-state index is 14.0. The first-order valence-electron chi connectivity index (χ1n) is 14.9. The number of esters is 1. The number of piperidine rings is 1. The van der Waals surface area contributed by atoms with Crippen LogP contribution in [0.25, 0.3) is 0 Å². The lowest BCUT2D eigenvalue weighted by Crippen LogP contribution is -2.43. The number of anilines is 1. The van der Waals surface area contributed by atoms with Crippen LogP contribution in [0.3, 0.4) is 0 Å². The van der Waals surface area contributed by atoms with Crippen molar-refractivity contribution in [1.82, 2.24) is 4.90 Å². The van der Waals surface area contributed by atoms with Crippen molar-refractivity contribution < 1.29 is 33.7 Å². The van der Waals surface area contributed by atoms with E-state index >= 15 is 0 Å². The molecule has 0 aromatic heterocycles. The van der Waals surface area contributed by atoms with E-state index in [1.165, 1.54) is 7.11 Å². The molecule has 2 aromatic carbocycles. The second kappa shape index (κ2) is 15.4. The number of para-hydroxylation sites is 1. The normalized spacial score (nSPS) is 15.9. The lowest BCUT2D eigenvalue weighted by molar-refractivity contribution is -0.151. The molecule has 0 aliphatic carbocycles. The number of likely N-dealkylation sites (tertiary alicyclic amines) is 1. The summed E-state index contributed by atoms with van der Waals surface area (Å²) in [6.45, 7) is 11.3. The number of carbonyl (C=O) groups is 3. The molecule has 1 heterocycles. The Bertz CT molecular complexity index is 1280. The fourth-order valence-electron chi connectivity index (χ4n) is 5.35. The monoisotopic (exact) mass is 616 g/mol. The highest BCUT2D eigenvalue weighted by Crippen LogP contribution is 2.43. The molecule has 0 saturated carbocycles. The largest absolute Gasteiger partial charge is 0.496 e. The van der Waals surface area contributed by atoms with E-state index in [0.717, 1.165) is 0 Å². The Kier molecular flexibility index (Phi) is 12.3. The SMILES string of the molecule is CCOC(=O)[C@H]1CCCN(C(=O)CCC(=O)N(CC(C)(C)C)c2c(OCC)cc(Cl)cc2[C@H](O)c2ccccc2OC)C1. The topological polar surface area (TPSA) is 106 Å². The zero-order valence-corrected chi connectivity index (χ0v) is 26.9. The van der Waals surface area contributed by atoms with Gasteiger partial charge in [-0.2, -0.15) is 0 Å². The van der Waals surface area contributed by atoms with Gasteiger partial charge in [-0.1, -0.05) is 50.6 Å². The summed E-state index contributed by atoms with van der Waals surface area (Å²) in [6.07, 6.45) is 0.111. The van der Waals surface area contributed by atoms with Crippen molar-refractivity contribution >= 4 is 35.1 Å². The number of carbonyl (C=O) groups excluding carboxylic acids is 3. The number of hydrogen-bond acceptors (Lipinski definition) is 7. The molecule has 1 fully saturated rings. The standard InChI is InChI=1S/C33H45ClN2O7/c1-7-42-27-19-23(34)18-25(31(39)24-13-9-10-14-26(24)41-6)30(27)36(21-33(3,4)5)29(38)16-15-28(37)35-17-11-12-22(20-35)32(40)43-8-2/h9-10,13-14,18-19,22,31,39H,7-8,11-12,15-17,20-21H2,1-6H3/t22-,31+/m0/s1. The van der Waals surface area contributed by atoms with Crippen molar-refractivity contribution in [3.8, 4) is 11.5 Å². The van der Waals surface area contributed by atoms with E-state index < -0.39 is 6.10 Å². The Morgan fingerprint density at radius 1 is 1.07 bits per heavy atom. The summed E-state index contributed by atoms with van der Waals surface area (Å²) in [4.78, 5) is 42.8. The smallest absolute Gasteiger partial charge is 0.310 e. The fraction of sp³-hybridized carbons (Fsp3) is 0.545. The number of amides is 2. The summed E-state index contributed by atoms with van der Waals surface area (Å²) < 4.78 is 16.7. The van der Waals surface area contributed by atoms with Gasteiger partial charge in [0.1, 0.15) is 17.6 Å².